The molecule has 0 amide bonds. The Kier molecular flexibility index (Phi) is 14.3. The van der Waals surface area contributed by atoms with Crippen LogP contribution in [0.1, 0.15) is 78.1 Å². The molecule has 0 fully saturated rings. The van der Waals surface area contributed by atoms with Crippen LogP contribution < -0.4 is 21.5 Å². The molecule has 1 heterocycles. The van der Waals surface area contributed by atoms with E-state index in [2.05, 4.69) is 49.0 Å². The monoisotopic (exact) mass is 355 g/mol. The third kappa shape index (κ3) is 11.9. The van der Waals surface area contributed by atoms with Crippen LogP contribution in [0.5, 0.6) is 0 Å². The van der Waals surface area contributed by atoms with E-state index in [0.717, 1.165) is 5.92 Å². The first kappa shape index (κ1) is 20.6. The van der Waals surface area contributed by atoms with Gasteiger partial charge in [-0.1, -0.05) is 71.3 Å². The van der Waals surface area contributed by atoms with Crippen molar-refractivity contribution in [2.24, 2.45) is 5.92 Å². The van der Waals surface area contributed by atoms with Gasteiger partial charge in [0.15, 0.2) is 12.4 Å². The van der Waals surface area contributed by atoms with E-state index in [1.54, 1.807) is 0 Å². The third-order valence-corrected chi connectivity index (χ3v) is 4.19. The number of nitrogens with zero attached hydrogens (tertiary/aromatic N) is 1. The normalized spacial score (nSPS) is 11.9. The number of halogens is 1. The molecule has 0 aromatic carbocycles. The van der Waals surface area contributed by atoms with Gasteiger partial charge < -0.3 is 17.0 Å². The van der Waals surface area contributed by atoms with Crippen LogP contribution in [0.2, 0.25) is 0 Å². The number of pyridine rings is 1. The Balaban J connectivity index is 0.00000400. The molecular formula is C19H34BrN. The summed E-state index contributed by atoms with van der Waals surface area (Å²) < 4.78 is 2.29. The van der Waals surface area contributed by atoms with Crippen LogP contribution in [-0.4, -0.2) is 0 Å². The molecule has 2 heteroatoms. The van der Waals surface area contributed by atoms with Crippen LogP contribution in [0.4, 0.5) is 0 Å². The lowest BCUT2D eigenvalue weighted by molar-refractivity contribution is -0.697. The first-order chi connectivity index (χ1) is 9.83. The highest BCUT2D eigenvalue weighted by Crippen LogP contribution is 2.16. The van der Waals surface area contributed by atoms with Crippen molar-refractivity contribution in [1.29, 1.82) is 0 Å². The Hall–Kier alpha value is -0.370. The highest BCUT2D eigenvalue weighted by atomic mass is 79.9. The van der Waals surface area contributed by atoms with Crippen LogP contribution in [0.3, 0.4) is 0 Å². The minimum absolute atomic E-state index is 0. The molecule has 0 aliphatic carbocycles. The zero-order valence-corrected chi connectivity index (χ0v) is 15.7. The molecule has 1 aromatic rings. The van der Waals surface area contributed by atoms with E-state index in [1.807, 2.05) is 0 Å². The molecule has 1 rings (SSSR count). The molecule has 0 spiro atoms. The standard InChI is InChI=1S/C19H34N.BrH/c1-3-4-5-6-7-8-10-14-19(2)15-13-18-20-16-11-9-12-17-20;/h9,11-12,16-17,19H,3-8,10,13-15,18H2,1-2H3;1H/q+1;/p-1/t19-;/m0./s1. The number of hydrogen-bond acceptors (Lipinski definition) is 0. The van der Waals surface area contributed by atoms with Crippen molar-refractivity contribution in [2.45, 2.75) is 84.6 Å². The van der Waals surface area contributed by atoms with Gasteiger partial charge in [-0.05, 0) is 12.3 Å². The molecule has 0 saturated carbocycles. The molecule has 0 aliphatic heterocycles. The zero-order chi connectivity index (χ0) is 14.5. The fourth-order valence-corrected chi connectivity index (χ4v) is 2.80. The maximum Gasteiger partial charge on any atom is 0.168 e. The molecule has 0 N–H and O–H groups in total. The fourth-order valence-electron chi connectivity index (χ4n) is 2.80. The zero-order valence-electron chi connectivity index (χ0n) is 14.1. The maximum atomic E-state index is 2.42. The molecule has 1 nitrogen and oxygen atoms in total. The van der Waals surface area contributed by atoms with Gasteiger partial charge in [0, 0.05) is 18.6 Å². The van der Waals surface area contributed by atoms with Crippen molar-refractivity contribution >= 4 is 0 Å². The van der Waals surface area contributed by atoms with Crippen LogP contribution in [0.25, 0.3) is 0 Å². The van der Waals surface area contributed by atoms with Crippen molar-refractivity contribution in [2.75, 3.05) is 0 Å². The largest absolute Gasteiger partial charge is 1.00 e. The summed E-state index contributed by atoms with van der Waals surface area (Å²) in [7, 11) is 0. The summed E-state index contributed by atoms with van der Waals surface area (Å²) in [4.78, 5) is 0. The maximum absolute atomic E-state index is 2.42. The lowest BCUT2D eigenvalue weighted by Crippen LogP contribution is -3.00. The van der Waals surface area contributed by atoms with Gasteiger partial charge in [-0.15, -0.1) is 0 Å². The van der Waals surface area contributed by atoms with Crippen molar-refractivity contribution in [3.63, 3.8) is 0 Å². The van der Waals surface area contributed by atoms with Crippen molar-refractivity contribution in [3.8, 4) is 0 Å². The summed E-state index contributed by atoms with van der Waals surface area (Å²) in [6.07, 6.45) is 18.5. The lowest BCUT2D eigenvalue weighted by Gasteiger charge is -2.09. The van der Waals surface area contributed by atoms with E-state index in [1.165, 1.54) is 70.8 Å². The Morgan fingerprint density at radius 2 is 1.33 bits per heavy atom. The molecular weight excluding hydrogens is 322 g/mol. The second-order valence-electron chi connectivity index (χ2n) is 6.27. The number of rotatable bonds is 12. The highest BCUT2D eigenvalue weighted by Gasteiger charge is 2.04. The van der Waals surface area contributed by atoms with Gasteiger partial charge in [0.25, 0.3) is 0 Å². The quantitative estimate of drug-likeness (QED) is 0.400. The molecule has 1 atom stereocenters. The first-order valence-corrected chi connectivity index (χ1v) is 8.77. The van der Waals surface area contributed by atoms with E-state index < -0.39 is 0 Å². The summed E-state index contributed by atoms with van der Waals surface area (Å²) in [5.41, 5.74) is 0. The Morgan fingerprint density at radius 1 is 0.762 bits per heavy atom. The molecule has 0 radical (unpaired) electrons. The average molecular weight is 356 g/mol. The number of hydrogen-bond donors (Lipinski definition) is 0. The first-order valence-electron chi connectivity index (χ1n) is 8.77. The minimum Gasteiger partial charge on any atom is -1.00 e. The van der Waals surface area contributed by atoms with Gasteiger partial charge in [0.1, 0.15) is 6.54 Å². The Bertz CT molecular complexity index is 313. The van der Waals surface area contributed by atoms with Crippen LogP contribution in [-0.2, 0) is 6.54 Å². The Morgan fingerprint density at radius 3 is 2.00 bits per heavy atom. The van der Waals surface area contributed by atoms with Gasteiger partial charge in [-0.25, -0.2) is 4.57 Å². The smallest absolute Gasteiger partial charge is 0.168 e. The molecule has 0 unspecified atom stereocenters. The van der Waals surface area contributed by atoms with E-state index >= 15 is 0 Å². The van der Waals surface area contributed by atoms with Crippen molar-refractivity contribution in [3.05, 3.63) is 30.6 Å². The minimum atomic E-state index is 0. The average Bonchev–Trinajstić information content (AvgIpc) is 2.47. The lowest BCUT2D eigenvalue weighted by atomic mass is 9.97. The third-order valence-electron chi connectivity index (χ3n) is 4.19. The van der Waals surface area contributed by atoms with E-state index in [0.29, 0.717) is 0 Å². The van der Waals surface area contributed by atoms with Gasteiger partial charge >= 0.3 is 0 Å². The number of unbranched alkanes of at least 4 members (excludes halogenated alkanes) is 6. The molecule has 122 valence electrons. The predicted molar refractivity (Wildman–Crippen MR) is 87.6 cm³/mol. The van der Waals surface area contributed by atoms with Crippen LogP contribution >= 0.6 is 0 Å². The van der Waals surface area contributed by atoms with Gasteiger partial charge in [-0.3, -0.25) is 0 Å². The molecule has 21 heavy (non-hydrogen) atoms. The van der Waals surface area contributed by atoms with Crippen LogP contribution in [0.15, 0.2) is 30.6 Å². The predicted octanol–water partition coefficient (Wildman–Crippen LogP) is 2.54. The summed E-state index contributed by atoms with van der Waals surface area (Å²) in [6, 6.07) is 6.31. The van der Waals surface area contributed by atoms with E-state index in [4.69, 9.17) is 0 Å². The van der Waals surface area contributed by atoms with Crippen molar-refractivity contribution < 1.29 is 21.5 Å². The van der Waals surface area contributed by atoms with Gasteiger partial charge in [-0.2, -0.15) is 0 Å². The molecule has 0 aliphatic rings. The van der Waals surface area contributed by atoms with E-state index in [9.17, 15) is 0 Å². The molecule has 0 bridgehead atoms. The second-order valence-corrected chi connectivity index (χ2v) is 6.27. The fraction of sp³-hybridized carbons (Fsp3) is 0.737. The topological polar surface area (TPSA) is 3.88 Å². The molecule has 0 saturated heterocycles. The van der Waals surface area contributed by atoms with Gasteiger partial charge in [0.2, 0.25) is 0 Å². The summed E-state index contributed by atoms with van der Waals surface area (Å²) in [5.74, 6) is 0.898. The molecule has 1 aromatic heterocycles. The second kappa shape index (κ2) is 14.6. The summed E-state index contributed by atoms with van der Waals surface area (Å²) in [5, 5.41) is 0. The van der Waals surface area contributed by atoms with Gasteiger partial charge in [0.05, 0.1) is 0 Å². The SMILES string of the molecule is CCCCCCCCC[C@H](C)CCC[n+]1ccccc1.[Br-]. The number of aryl methyl sites for hydroxylation is 1. The Labute approximate surface area is 142 Å². The highest BCUT2D eigenvalue weighted by molar-refractivity contribution is 4.83. The van der Waals surface area contributed by atoms with Crippen molar-refractivity contribution in [1.82, 2.24) is 0 Å². The summed E-state index contributed by atoms with van der Waals surface area (Å²) in [6.45, 7) is 5.88. The summed E-state index contributed by atoms with van der Waals surface area (Å²) >= 11 is 0. The van der Waals surface area contributed by atoms with E-state index in [-0.39, 0.29) is 17.0 Å². The number of aromatic nitrogens is 1. The van der Waals surface area contributed by atoms with Crippen LogP contribution in [0, 0.1) is 5.92 Å².